The maximum absolute atomic E-state index is 12.6. The lowest BCUT2D eigenvalue weighted by Gasteiger charge is -2.32. The van der Waals surface area contributed by atoms with Crippen molar-refractivity contribution in [3.8, 4) is 0 Å². The lowest BCUT2D eigenvalue weighted by Crippen LogP contribution is -2.40. The Hall–Kier alpha value is -2.89. The van der Waals surface area contributed by atoms with Crippen LogP contribution in [0.25, 0.3) is 0 Å². The molecule has 6 heteroatoms. The van der Waals surface area contributed by atoms with Gasteiger partial charge in [0.05, 0.1) is 11.1 Å². The summed E-state index contributed by atoms with van der Waals surface area (Å²) in [6.07, 6.45) is 5.35. The van der Waals surface area contributed by atoms with E-state index in [1.807, 2.05) is 45.0 Å². The third-order valence-corrected chi connectivity index (χ3v) is 5.03. The van der Waals surface area contributed by atoms with E-state index in [9.17, 15) is 9.59 Å². The lowest BCUT2D eigenvalue weighted by atomic mass is 9.99. The largest absolute Gasteiger partial charge is 0.372 e. The highest BCUT2D eigenvalue weighted by Crippen LogP contribution is 2.24. The number of hydrogen-bond donors (Lipinski definition) is 2. The van der Waals surface area contributed by atoms with Crippen molar-refractivity contribution >= 4 is 23.2 Å². The van der Waals surface area contributed by atoms with Crippen LogP contribution < -0.4 is 15.5 Å². The lowest BCUT2D eigenvalue weighted by molar-refractivity contribution is 0.0919. The predicted octanol–water partition coefficient (Wildman–Crippen LogP) is 4.10. The van der Waals surface area contributed by atoms with Crippen molar-refractivity contribution < 1.29 is 9.59 Å². The molecular weight excluding hydrogens is 364 g/mol. The van der Waals surface area contributed by atoms with E-state index in [0.29, 0.717) is 16.8 Å². The number of nitrogens with one attached hydrogen (secondary N) is 2. The first-order chi connectivity index (χ1) is 13.7. The number of piperidine rings is 1. The van der Waals surface area contributed by atoms with Gasteiger partial charge in [0, 0.05) is 42.4 Å². The van der Waals surface area contributed by atoms with Crippen LogP contribution in [0.4, 0.5) is 11.4 Å². The molecule has 6 nitrogen and oxygen atoms in total. The number of nitrogens with zero attached hydrogens (tertiary/aromatic N) is 2. The maximum atomic E-state index is 12.6. The number of hydrogen-bond acceptors (Lipinski definition) is 4. The standard InChI is InChI=1S/C23H30N4O2/c1-16-9-11-27(12-10-16)20-7-5-19(6-8-20)25-21(28)17-13-18(15-24-14-17)22(29)26-23(2,3)4/h5-8,13-16H,9-12H2,1-4H3,(H,25,28)(H,26,29). The van der Waals surface area contributed by atoms with Crippen molar-refractivity contribution in [1.29, 1.82) is 0 Å². The van der Waals surface area contributed by atoms with Gasteiger partial charge >= 0.3 is 0 Å². The van der Waals surface area contributed by atoms with Crippen LogP contribution >= 0.6 is 0 Å². The van der Waals surface area contributed by atoms with E-state index in [-0.39, 0.29) is 17.4 Å². The first kappa shape index (κ1) is 20.8. The Labute approximate surface area is 172 Å². The van der Waals surface area contributed by atoms with Gasteiger partial charge in [0.25, 0.3) is 11.8 Å². The van der Waals surface area contributed by atoms with Gasteiger partial charge in [-0.25, -0.2) is 0 Å². The summed E-state index contributed by atoms with van der Waals surface area (Å²) in [7, 11) is 0. The molecule has 1 saturated heterocycles. The van der Waals surface area contributed by atoms with Crippen molar-refractivity contribution in [2.45, 2.75) is 46.1 Å². The second-order valence-electron chi connectivity index (χ2n) is 8.84. The van der Waals surface area contributed by atoms with Crippen molar-refractivity contribution in [3.05, 3.63) is 53.9 Å². The van der Waals surface area contributed by atoms with Crippen LogP contribution in [-0.4, -0.2) is 35.4 Å². The van der Waals surface area contributed by atoms with E-state index in [1.54, 1.807) is 6.07 Å². The van der Waals surface area contributed by atoms with Crippen molar-refractivity contribution in [2.24, 2.45) is 5.92 Å². The number of aromatic nitrogens is 1. The van der Waals surface area contributed by atoms with Crippen molar-refractivity contribution in [2.75, 3.05) is 23.3 Å². The molecule has 0 saturated carbocycles. The molecule has 0 radical (unpaired) electrons. The molecule has 1 aromatic carbocycles. The van der Waals surface area contributed by atoms with Gasteiger partial charge in [-0.3, -0.25) is 14.6 Å². The molecular formula is C23H30N4O2. The van der Waals surface area contributed by atoms with Crippen LogP contribution in [0, 0.1) is 5.92 Å². The maximum Gasteiger partial charge on any atom is 0.257 e. The Balaban J connectivity index is 1.64. The van der Waals surface area contributed by atoms with Crippen molar-refractivity contribution in [3.63, 3.8) is 0 Å². The fourth-order valence-corrected chi connectivity index (χ4v) is 3.33. The summed E-state index contributed by atoms with van der Waals surface area (Å²) in [6.45, 7) is 10.2. The molecule has 0 spiro atoms. The second kappa shape index (κ2) is 8.64. The van der Waals surface area contributed by atoms with Crippen LogP contribution in [0.5, 0.6) is 0 Å². The summed E-state index contributed by atoms with van der Waals surface area (Å²) >= 11 is 0. The van der Waals surface area contributed by atoms with E-state index in [2.05, 4.69) is 27.4 Å². The molecule has 1 aliphatic heterocycles. The van der Waals surface area contributed by atoms with Gasteiger partial charge in [0.15, 0.2) is 0 Å². The summed E-state index contributed by atoms with van der Waals surface area (Å²) in [4.78, 5) is 31.4. The van der Waals surface area contributed by atoms with E-state index < -0.39 is 0 Å². The highest BCUT2D eigenvalue weighted by Gasteiger charge is 2.18. The van der Waals surface area contributed by atoms with Gasteiger partial charge < -0.3 is 15.5 Å². The number of carbonyl (C=O) groups excluding carboxylic acids is 2. The van der Waals surface area contributed by atoms with Crippen LogP contribution in [0.2, 0.25) is 0 Å². The predicted molar refractivity (Wildman–Crippen MR) is 116 cm³/mol. The van der Waals surface area contributed by atoms with Gasteiger partial charge in [-0.15, -0.1) is 0 Å². The highest BCUT2D eigenvalue weighted by atomic mass is 16.2. The van der Waals surface area contributed by atoms with Crippen LogP contribution in [0.15, 0.2) is 42.7 Å². The van der Waals surface area contributed by atoms with E-state index in [4.69, 9.17) is 0 Å². The minimum absolute atomic E-state index is 0.250. The quantitative estimate of drug-likeness (QED) is 0.819. The van der Waals surface area contributed by atoms with Gasteiger partial charge in [0.2, 0.25) is 0 Å². The number of pyridine rings is 1. The monoisotopic (exact) mass is 394 g/mol. The minimum atomic E-state index is -0.358. The van der Waals surface area contributed by atoms with Gasteiger partial charge in [-0.05, 0) is 69.9 Å². The average molecular weight is 395 g/mol. The summed E-state index contributed by atoms with van der Waals surface area (Å²) in [5, 5.41) is 5.76. The summed E-state index contributed by atoms with van der Waals surface area (Å²) < 4.78 is 0. The van der Waals surface area contributed by atoms with Gasteiger partial charge in [0.1, 0.15) is 0 Å². The van der Waals surface area contributed by atoms with E-state index in [0.717, 1.165) is 19.0 Å². The minimum Gasteiger partial charge on any atom is -0.372 e. The molecule has 2 heterocycles. The average Bonchev–Trinajstić information content (AvgIpc) is 2.68. The number of carbonyl (C=O) groups is 2. The molecule has 29 heavy (non-hydrogen) atoms. The second-order valence-corrected chi connectivity index (χ2v) is 8.84. The third kappa shape index (κ3) is 5.79. The number of anilines is 2. The fraction of sp³-hybridized carbons (Fsp3) is 0.435. The molecule has 1 aromatic heterocycles. The first-order valence-electron chi connectivity index (χ1n) is 10.2. The topological polar surface area (TPSA) is 74.3 Å². The molecule has 1 aliphatic rings. The third-order valence-electron chi connectivity index (χ3n) is 5.03. The number of amides is 2. The molecule has 3 rings (SSSR count). The zero-order valence-corrected chi connectivity index (χ0v) is 17.7. The molecule has 1 fully saturated rings. The van der Waals surface area contributed by atoms with Gasteiger partial charge in [-0.1, -0.05) is 6.92 Å². The van der Waals surface area contributed by atoms with Crippen molar-refractivity contribution in [1.82, 2.24) is 10.3 Å². The first-order valence-corrected chi connectivity index (χ1v) is 10.2. The Bertz CT molecular complexity index is 863. The number of rotatable bonds is 4. The summed E-state index contributed by atoms with van der Waals surface area (Å²) in [6, 6.07) is 9.46. The van der Waals surface area contributed by atoms with E-state index in [1.165, 1.54) is 30.9 Å². The summed E-state index contributed by atoms with van der Waals surface area (Å²) in [5.74, 6) is 0.252. The molecule has 2 aromatic rings. The summed E-state index contributed by atoms with van der Waals surface area (Å²) in [5.41, 5.74) is 2.25. The number of benzene rings is 1. The molecule has 0 aliphatic carbocycles. The SMILES string of the molecule is CC1CCN(c2ccc(NC(=O)c3cncc(C(=O)NC(C)(C)C)c3)cc2)CC1. The Kier molecular flexibility index (Phi) is 6.20. The molecule has 0 atom stereocenters. The smallest absolute Gasteiger partial charge is 0.257 e. The molecule has 0 unspecified atom stereocenters. The van der Waals surface area contributed by atoms with E-state index >= 15 is 0 Å². The highest BCUT2D eigenvalue weighted by molar-refractivity contribution is 6.05. The Morgan fingerprint density at radius 1 is 1.00 bits per heavy atom. The fourth-order valence-electron chi connectivity index (χ4n) is 3.33. The molecule has 0 bridgehead atoms. The Morgan fingerprint density at radius 3 is 2.17 bits per heavy atom. The zero-order chi connectivity index (χ0) is 21.0. The van der Waals surface area contributed by atoms with Crippen LogP contribution in [0.3, 0.4) is 0 Å². The molecule has 2 N–H and O–H groups in total. The Morgan fingerprint density at radius 2 is 1.59 bits per heavy atom. The molecule has 2 amide bonds. The van der Waals surface area contributed by atoms with Crippen LogP contribution in [0.1, 0.15) is 61.3 Å². The zero-order valence-electron chi connectivity index (χ0n) is 17.7. The molecule has 154 valence electrons. The van der Waals surface area contributed by atoms with Gasteiger partial charge in [-0.2, -0.15) is 0 Å². The normalized spacial score (nSPS) is 15.1. The van der Waals surface area contributed by atoms with Crippen LogP contribution in [-0.2, 0) is 0 Å².